The Morgan fingerprint density at radius 2 is 2.12 bits per heavy atom. The van der Waals surface area contributed by atoms with Crippen LogP contribution in [0.2, 0.25) is 0 Å². The number of fused-ring (bicyclic) bond motifs is 1. The van der Waals surface area contributed by atoms with Crippen LogP contribution in [0.5, 0.6) is 0 Å². The highest BCUT2D eigenvalue weighted by molar-refractivity contribution is 6.26. The summed E-state index contributed by atoms with van der Waals surface area (Å²) < 4.78 is 6.40. The third-order valence-corrected chi connectivity index (χ3v) is 3.63. The summed E-state index contributed by atoms with van der Waals surface area (Å²) in [5, 5.41) is 18.2. The molecule has 0 aliphatic carbocycles. The number of nitro groups is 1. The van der Waals surface area contributed by atoms with E-state index < -0.39 is 22.3 Å². The van der Waals surface area contributed by atoms with Crippen LogP contribution < -0.4 is 5.32 Å². The Labute approximate surface area is 148 Å². The van der Waals surface area contributed by atoms with E-state index in [1.54, 1.807) is 20.9 Å². The van der Waals surface area contributed by atoms with Gasteiger partial charge in [-0.25, -0.2) is 0 Å². The summed E-state index contributed by atoms with van der Waals surface area (Å²) in [6, 6.07) is 4.18. The Bertz CT molecular complexity index is 846. The quantitative estimate of drug-likeness (QED) is 0.359. The Kier molecular flexibility index (Phi) is 5.27. The second kappa shape index (κ2) is 7.06. The molecule has 25 heavy (non-hydrogen) atoms. The van der Waals surface area contributed by atoms with E-state index in [4.69, 9.17) is 16.3 Å². The van der Waals surface area contributed by atoms with Gasteiger partial charge in [-0.1, -0.05) is 0 Å². The van der Waals surface area contributed by atoms with Crippen LogP contribution in [0.1, 0.15) is 24.3 Å². The average molecular weight is 369 g/mol. The van der Waals surface area contributed by atoms with Crippen LogP contribution in [-0.4, -0.2) is 44.6 Å². The molecule has 0 atom stereocenters. The molecule has 1 amide bonds. The van der Waals surface area contributed by atoms with Crippen LogP contribution in [0.15, 0.2) is 18.2 Å². The minimum atomic E-state index is -0.872. The topological polar surface area (TPSA) is 116 Å². The Hall–Kier alpha value is -2.68. The second-order valence-corrected chi connectivity index (χ2v) is 6.33. The van der Waals surface area contributed by atoms with Crippen molar-refractivity contribution in [2.75, 3.05) is 12.5 Å². The standard InChI is InChI=1S/C15H17ClN4O5/c1-15(2,8-25-12(21)7-16)17-14(22)13-10-6-9(20(23)24)4-5-11(10)19(3)18-13/h4-6H,7-8H2,1-3H3,(H,17,22). The summed E-state index contributed by atoms with van der Waals surface area (Å²) in [4.78, 5) is 34.1. The molecule has 0 bridgehead atoms. The maximum Gasteiger partial charge on any atom is 0.320 e. The number of hydrogen-bond acceptors (Lipinski definition) is 6. The van der Waals surface area contributed by atoms with E-state index in [9.17, 15) is 19.7 Å². The number of non-ortho nitro benzene ring substituents is 1. The predicted octanol–water partition coefficient (Wildman–Crippen LogP) is 1.77. The van der Waals surface area contributed by atoms with Gasteiger partial charge in [0.05, 0.1) is 16.0 Å². The molecule has 1 aromatic heterocycles. The first-order chi connectivity index (χ1) is 11.6. The number of carbonyl (C=O) groups is 2. The molecule has 0 radical (unpaired) electrons. The number of nitro benzene ring substituents is 1. The van der Waals surface area contributed by atoms with E-state index >= 15 is 0 Å². The molecule has 0 spiro atoms. The monoisotopic (exact) mass is 368 g/mol. The zero-order valence-electron chi connectivity index (χ0n) is 13.9. The number of nitrogens with zero attached hydrogens (tertiary/aromatic N) is 3. The van der Waals surface area contributed by atoms with Crippen molar-refractivity contribution < 1.29 is 19.2 Å². The zero-order chi connectivity index (χ0) is 18.8. The SMILES string of the molecule is Cn1nc(C(=O)NC(C)(C)COC(=O)CCl)c2cc([N+](=O)[O-])ccc21. The number of alkyl halides is 1. The smallest absolute Gasteiger partial charge is 0.320 e. The highest BCUT2D eigenvalue weighted by atomic mass is 35.5. The van der Waals surface area contributed by atoms with Gasteiger partial charge in [0.25, 0.3) is 11.6 Å². The minimum absolute atomic E-state index is 0.0537. The molecule has 1 heterocycles. The van der Waals surface area contributed by atoms with Gasteiger partial charge >= 0.3 is 5.97 Å². The first kappa shape index (κ1) is 18.7. The number of ether oxygens (including phenoxy) is 1. The van der Waals surface area contributed by atoms with Gasteiger partial charge in [0.1, 0.15) is 12.5 Å². The molecule has 9 nitrogen and oxygen atoms in total. The molecular weight excluding hydrogens is 352 g/mol. The van der Waals surface area contributed by atoms with Gasteiger partial charge in [0.15, 0.2) is 5.69 Å². The molecule has 0 aliphatic rings. The number of rotatable bonds is 6. The van der Waals surface area contributed by atoms with Crippen LogP contribution in [0.25, 0.3) is 10.9 Å². The first-order valence-electron chi connectivity index (χ1n) is 7.30. The van der Waals surface area contributed by atoms with E-state index in [0.29, 0.717) is 10.9 Å². The van der Waals surface area contributed by atoms with Gasteiger partial charge < -0.3 is 10.1 Å². The van der Waals surface area contributed by atoms with Crippen LogP contribution in [-0.2, 0) is 16.6 Å². The van der Waals surface area contributed by atoms with E-state index in [0.717, 1.165) is 0 Å². The highest BCUT2D eigenvalue weighted by Gasteiger charge is 2.26. The maximum absolute atomic E-state index is 12.6. The number of benzene rings is 1. The summed E-state index contributed by atoms with van der Waals surface area (Å²) >= 11 is 5.36. The van der Waals surface area contributed by atoms with E-state index in [2.05, 4.69) is 10.4 Å². The lowest BCUT2D eigenvalue weighted by Gasteiger charge is -2.25. The molecule has 1 N–H and O–H groups in total. The van der Waals surface area contributed by atoms with Crippen molar-refractivity contribution >= 4 is 40.1 Å². The third kappa shape index (κ3) is 4.24. The molecule has 0 fully saturated rings. The van der Waals surface area contributed by atoms with Crippen molar-refractivity contribution in [1.29, 1.82) is 0 Å². The average Bonchev–Trinajstić information content (AvgIpc) is 2.89. The Morgan fingerprint density at radius 3 is 2.72 bits per heavy atom. The third-order valence-electron chi connectivity index (χ3n) is 3.41. The van der Waals surface area contributed by atoms with E-state index in [1.165, 1.54) is 22.9 Å². The van der Waals surface area contributed by atoms with Crippen molar-refractivity contribution in [2.45, 2.75) is 19.4 Å². The predicted molar refractivity (Wildman–Crippen MR) is 90.6 cm³/mol. The fraction of sp³-hybridized carbons (Fsp3) is 0.400. The van der Waals surface area contributed by atoms with Gasteiger partial charge in [-0.2, -0.15) is 5.10 Å². The summed E-state index contributed by atoms with van der Waals surface area (Å²) in [5.74, 6) is -1.40. The van der Waals surface area contributed by atoms with Gasteiger partial charge in [0, 0.05) is 24.6 Å². The summed E-state index contributed by atoms with van der Waals surface area (Å²) in [6.45, 7) is 3.26. The van der Waals surface area contributed by atoms with Gasteiger partial charge in [0.2, 0.25) is 0 Å². The fourth-order valence-electron chi connectivity index (χ4n) is 2.24. The number of nitrogens with one attached hydrogen (secondary N) is 1. The molecule has 0 saturated carbocycles. The molecule has 10 heteroatoms. The largest absolute Gasteiger partial charge is 0.462 e. The Morgan fingerprint density at radius 1 is 1.44 bits per heavy atom. The molecule has 134 valence electrons. The number of carbonyl (C=O) groups excluding carboxylic acids is 2. The summed E-state index contributed by atoms with van der Waals surface area (Å²) in [6.07, 6.45) is 0. The molecule has 0 aliphatic heterocycles. The zero-order valence-corrected chi connectivity index (χ0v) is 14.7. The minimum Gasteiger partial charge on any atom is -0.462 e. The molecule has 2 aromatic rings. The normalized spacial score (nSPS) is 11.4. The molecule has 0 saturated heterocycles. The Balaban J connectivity index is 2.28. The van der Waals surface area contributed by atoms with Crippen LogP contribution >= 0.6 is 11.6 Å². The van der Waals surface area contributed by atoms with Crippen LogP contribution in [0.4, 0.5) is 5.69 Å². The molecule has 0 unspecified atom stereocenters. The van der Waals surface area contributed by atoms with Crippen molar-refractivity contribution in [3.8, 4) is 0 Å². The van der Waals surface area contributed by atoms with Crippen molar-refractivity contribution in [1.82, 2.24) is 15.1 Å². The summed E-state index contributed by atoms with van der Waals surface area (Å²) in [5.41, 5.74) is -0.367. The number of halogens is 1. The maximum atomic E-state index is 12.6. The van der Waals surface area contributed by atoms with Gasteiger partial charge in [-0.3, -0.25) is 24.4 Å². The number of amides is 1. The second-order valence-electron chi connectivity index (χ2n) is 6.06. The van der Waals surface area contributed by atoms with Gasteiger partial charge in [-0.05, 0) is 19.9 Å². The van der Waals surface area contributed by atoms with Crippen LogP contribution in [0.3, 0.4) is 0 Å². The van der Waals surface area contributed by atoms with E-state index in [1.807, 2.05) is 0 Å². The van der Waals surface area contributed by atoms with Crippen molar-refractivity contribution in [2.24, 2.45) is 7.05 Å². The highest BCUT2D eigenvalue weighted by Crippen LogP contribution is 2.24. The lowest BCUT2D eigenvalue weighted by Crippen LogP contribution is -2.47. The van der Waals surface area contributed by atoms with Crippen LogP contribution in [0, 0.1) is 10.1 Å². The van der Waals surface area contributed by atoms with Gasteiger partial charge in [-0.15, -0.1) is 11.6 Å². The molecule has 1 aromatic carbocycles. The lowest BCUT2D eigenvalue weighted by atomic mass is 10.1. The van der Waals surface area contributed by atoms with Crippen molar-refractivity contribution in [3.63, 3.8) is 0 Å². The van der Waals surface area contributed by atoms with Crippen molar-refractivity contribution in [3.05, 3.63) is 34.0 Å². The fourth-order valence-corrected chi connectivity index (χ4v) is 2.31. The van der Waals surface area contributed by atoms with E-state index in [-0.39, 0.29) is 23.9 Å². The number of esters is 1. The molecule has 2 rings (SSSR count). The number of hydrogen-bond donors (Lipinski definition) is 1. The summed E-state index contributed by atoms with van der Waals surface area (Å²) in [7, 11) is 1.64. The molecular formula is C15H17ClN4O5. The number of aryl methyl sites for hydroxylation is 1. The first-order valence-corrected chi connectivity index (χ1v) is 7.83. The lowest BCUT2D eigenvalue weighted by molar-refractivity contribution is -0.384. The number of aromatic nitrogens is 2.